The number of amides is 1. The number of hydrogen-bond donors (Lipinski definition) is 1. The molecule has 0 aliphatic heterocycles. The molecule has 2 aromatic rings. The average molecular weight is 365 g/mol. The van der Waals surface area contributed by atoms with Gasteiger partial charge in [-0.15, -0.1) is 0 Å². The predicted octanol–water partition coefficient (Wildman–Crippen LogP) is 4.24. The minimum Gasteiger partial charge on any atom is -0.427 e. The standard InChI is InChI=1S/C23H27NO3/c1-18(2)23(26)24-17-16-20-12-14-21(15-13-20)27-22(25)11-7-6-10-19-8-4-3-5-9-19/h3-5,8-9,12-15H,1,6-7,10-11,16-17H2,2H3,(H,24,26). The summed E-state index contributed by atoms with van der Waals surface area (Å²) in [5.74, 6) is 0.218. The van der Waals surface area contributed by atoms with Gasteiger partial charge >= 0.3 is 5.97 Å². The van der Waals surface area contributed by atoms with Gasteiger partial charge in [0.25, 0.3) is 0 Å². The first kappa shape index (κ1) is 20.4. The zero-order valence-corrected chi connectivity index (χ0v) is 15.9. The summed E-state index contributed by atoms with van der Waals surface area (Å²) in [6.45, 7) is 5.83. The van der Waals surface area contributed by atoms with Gasteiger partial charge in [0.1, 0.15) is 5.75 Å². The number of ether oxygens (including phenoxy) is 1. The van der Waals surface area contributed by atoms with Gasteiger partial charge in [0.05, 0.1) is 0 Å². The number of aryl methyl sites for hydroxylation is 1. The molecule has 1 amide bonds. The van der Waals surface area contributed by atoms with Crippen molar-refractivity contribution < 1.29 is 14.3 Å². The van der Waals surface area contributed by atoms with Crippen LogP contribution in [0.3, 0.4) is 0 Å². The molecule has 0 aliphatic carbocycles. The van der Waals surface area contributed by atoms with Crippen molar-refractivity contribution in [3.63, 3.8) is 0 Å². The molecule has 142 valence electrons. The van der Waals surface area contributed by atoms with Crippen molar-refractivity contribution in [3.8, 4) is 5.75 Å². The molecule has 4 nitrogen and oxygen atoms in total. The quantitative estimate of drug-likeness (QED) is 0.296. The monoisotopic (exact) mass is 365 g/mol. The SMILES string of the molecule is C=C(C)C(=O)NCCc1ccc(OC(=O)CCCCc2ccccc2)cc1. The normalized spacial score (nSPS) is 10.3. The van der Waals surface area contributed by atoms with Crippen LogP contribution in [-0.4, -0.2) is 18.4 Å². The summed E-state index contributed by atoms with van der Waals surface area (Å²) in [7, 11) is 0. The van der Waals surface area contributed by atoms with Crippen molar-refractivity contribution in [2.45, 2.75) is 39.0 Å². The molecular formula is C23H27NO3. The van der Waals surface area contributed by atoms with E-state index >= 15 is 0 Å². The lowest BCUT2D eigenvalue weighted by molar-refractivity contribution is -0.134. The van der Waals surface area contributed by atoms with Crippen LogP contribution in [-0.2, 0) is 22.4 Å². The molecule has 0 unspecified atom stereocenters. The molecule has 0 heterocycles. The number of benzene rings is 2. The van der Waals surface area contributed by atoms with E-state index in [-0.39, 0.29) is 11.9 Å². The molecule has 0 radical (unpaired) electrons. The van der Waals surface area contributed by atoms with Gasteiger partial charge in [0.15, 0.2) is 0 Å². The molecule has 0 aromatic heterocycles. The molecule has 0 atom stereocenters. The van der Waals surface area contributed by atoms with E-state index < -0.39 is 0 Å². The van der Waals surface area contributed by atoms with Crippen LogP contribution in [0.2, 0.25) is 0 Å². The van der Waals surface area contributed by atoms with Crippen LogP contribution in [0.15, 0.2) is 66.7 Å². The Kier molecular flexibility index (Phi) is 8.30. The summed E-state index contributed by atoms with van der Waals surface area (Å²) in [5.41, 5.74) is 2.86. The maximum absolute atomic E-state index is 11.9. The lowest BCUT2D eigenvalue weighted by Gasteiger charge is -2.07. The minimum absolute atomic E-state index is 0.132. The highest BCUT2D eigenvalue weighted by atomic mass is 16.5. The second-order valence-electron chi connectivity index (χ2n) is 6.60. The van der Waals surface area contributed by atoms with Crippen LogP contribution in [0.25, 0.3) is 0 Å². The first-order valence-electron chi connectivity index (χ1n) is 9.32. The maximum Gasteiger partial charge on any atom is 0.311 e. The van der Waals surface area contributed by atoms with E-state index in [2.05, 4.69) is 24.0 Å². The minimum atomic E-state index is -0.204. The topological polar surface area (TPSA) is 55.4 Å². The van der Waals surface area contributed by atoms with E-state index in [4.69, 9.17) is 4.74 Å². The van der Waals surface area contributed by atoms with Crippen molar-refractivity contribution in [1.82, 2.24) is 5.32 Å². The first-order valence-corrected chi connectivity index (χ1v) is 9.32. The number of nitrogens with one attached hydrogen (secondary N) is 1. The van der Waals surface area contributed by atoms with Gasteiger partial charge in [-0.3, -0.25) is 9.59 Å². The van der Waals surface area contributed by atoms with E-state index in [9.17, 15) is 9.59 Å². The molecule has 1 N–H and O–H groups in total. The molecule has 2 rings (SSSR count). The Bertz CT molecular complexity index is 751. The van der Waals surface area contributed by atoms with E-state index in [1.165, 1.54) is 5.56 Å². The number of rotatable bonds is 10. The fraction of sp³-hybridized carbons (Fsp3) is 0.304. The third-order valence-electron chi connectivity index (χ3n) is 4.18. The van der Waals surface area contributed by atoms with E-state index in [0.29, 0.717) is 30.7 Å². The van der Waals surface area contributed by atoms with Crippen molar-refractivity contribution in [1.29, 1.82) is 0 Å². The summed E-state index contributed by atoms with van der Waals surface area (Å²) < 4.78 is 5.38. The Morgan fingerprint density at radius 3 is 2.26 bits per heavy atom. The zero-order valence-electron chi connectivity index (χ0n) is 15.9. The Balaban J connectivity index is 1.65. The van der Waals surface area contributed by atoms with Gasteiger partial charge in [-0.25, -0.2) is 0 Å². The van der Waals surface area contributed by atoms with Crippen molar-refractivity contribution in [2.24, 2.45) is 0 Å². The van der Waals surface area contributed by atoms with Crippen LogP contribution in [0.1, 0.15) is 37.3 Å². The molecule has 27 heavy (non-hydrogen) atoms. The molecule has 0 fully saturated rings. The largest absolute Gasteiger partial charge is 0.427 e. The number of esters is 1. The molecule has 0 bridgehead atoms. The van der Waals surface area contributed by atoms with E-state index in [0.717, 1.165) is 24.8 Å². The smallest absolute Gasteiger partial charge is 0.311 e. The molecule has 0 saturated heterocycles. The lowest BCUT2D eigenvalue weighted by atomic mass is 10.1. The highest BCUT2D eigenvalue weighted by Gasteiger charge is 2.06. The summed E-state index contributed by atoms with van der Waals surface area (Å²) in [6, 6.07) is 17.7. The maximum atomic E-state index is 11.9. The average Bonchev–Trinajstić information content (AvgIpc) is 2.67. The van der Waals surface area contributed by atoms with Crippen LogP contribution in [0.4, 0.5) is 0 Å². The molecule has 2 aromatic carbocycles. The Hall–Kier alpha value is -2.88. The van der Waals surface area contributed by atoms with Gasteiger partial charge in [-0.1, -0.05) is 49.0 Å². The van der Waals surface area contributed by atoms with Gasteiger partial charge in [0, 0.05) is 18.5 Å². The summed E-state index contributed by atoms with van der Waals surface area (Å²) in [5, 5.41) is 2.79. The van der Waals surface area contributed by atoms with Crippen LogP contribution >= 0.6 is 0 Å². The van der Waals surface area contributed by atoms with E-state index in [1.54, 1.807) is 19.1 Å². The summed E-state index contributed by atoms with van der Waals surface area (Å²) >= 11 is 0. The van der Waals surface area contributed by atoms with Gasteiger partial charge < -0.3 is 10.1 Å². The van der Waals surface area contributed by atoms with E-state index in [1.807, 2.05) is 30.3 Å². The van der Waals surface area contributed by atoms with Gasteiger partial charge in [-0.2, -0.15) is 0 Å². The van der Waals surface area contributed by atoms with Crippen molar-refractivity contribution in [2.75, 3.05) is 6.54 Å². The highest BCUT2D eigenvalue weighted by molar-refractivity contribution is 5.92. The summed E-state index contributed by atoms with van der Waals surface area (Å²) in [6.07, 6.45) is 3.89. The summed E-state index contributed by atoms with van der Waals surface area (Å²) in [4.78, 5) is 23.4. The van der Waals surface area contributed by atoms with Crippen LogP contribution < -0.4 is 10.1 Å². The van der Waals surface area contributed by atoms with Gasteiger partial charge in [-0.05, 0) is 55.9 Å². The molecule has 0 spiro atoms. The molecule has 0 aliphatic rings. The lowest BCUT2D eigenvalue weighted by Crippen LogP contribution is -2.25. The Morgan fingerprint density at radius 2 is 1.59 bits per heavy atom. The zero-order chi connectivity index (χ0) is 19.5. The molecule has 4 heteroatoms. The van der Waals surface area contributed by atoms with Crippen LogP contribution in [0, 0.1) is 0 Å². The van der Waals surface area contributed by atoms with Crippen LogP contribution in [0.5, 0.6) is 5.75 Å². The molecule has 0 saturated carbocycles. The van der Waals surface area contributed by atoms with Gasteiger partial charge in [0.2, 0.25) is 5.91 Å². The number of hydrogen-bond acceptors (Lipinski definition) is 3. The third kappa shape index (κ3) is 7.90. The fourth-order valence-corrected chi connectivity index (χ4v) is 2.62. The Labute approximate surface area is 161 Å². The number of carbonyl (C=O) groups is 2. The second-order valence-corrected chi connectivity index (χ2v) is 6.60. The highest BCUT2D eigenvalue weighted by Crippen LogP contribution is 2.14. The molecular weight excluding hydrogens is 338 g/mol. The third-order valence-corrected chi connectivity index (χ3v) is 4.18. The number of carbonyl (C=O) groups excluding carboxylic acids is 2. The Morgan fingerprint density at radius 1 is 0.926 bits per heavy atom. The first-order chi connectivity index (χ1) is 13.0. The van der Waals surface area contributed by atoms with Crippen molar-refractivity contribution in [3.05, 3.63) is 77.9 Å². The fourth-order valence-electron chi connectivity index (χ4n) is 2.62. The van der Waals surface area contributed by atoms with Crippen molar-refractivity contribution >= 4 is 11.9 Å². The number of unbranched alkanes of at least 4 members (excludes halogenated alkanes) is 1. The predicted molar refractivity (Wildman–Crippen MR) is 108 cm³/mol. The second kappa shape index (κ2) is 11.0.